The summed E-state index contributed by atoms with van der Waals surface area (Å²) in [4.78, 5) is 26.0. The van der Waals surface area contributed by atoms with E-state index < -0.39 is 12.1 Å². The molecular weight excluding hydrogens is 496 g/mol. The van der Waals surface area contributed by atoms with Crippen molar-refractivity contribution >= 4 is 12.0 Å². The monoisotopic (exact) mass is 534 g/mol. The Balaban J connectivity index is 1.48. The molecule has 0 radical (unpaired) electrons. The number of hydrogen-bond donors (Lipinski definition) is 2. The van der Waals surface area contributed by atoms with Crippen molar-refractivity contribution in [1.29, 1.82) is 0 Å². The minimum absolute atomic E-state index is 0.156. The fraction of sp³-hybridized carbons (Fsp3) is 0.355. The summed E-state index contributed by atoms with van der Waals surface area (Å²) in [6.07, 6.45) is 0.108. The first-order valence-electron chi connectivity index (χ1n) is 13.3. The van der Waals surface area contributed by atoms with Gasteiger partial charge >= 0.3 is 12.0 Å². The normalized spacial score (nSPS) is 11.5. The van der Waals surface area contributed by atoms with Gasteiger partial charge in [0.25, 0.3) is 0 Å². The van der Waals surface area contributed by atoms with E-state index in [-0.39, 0.29) is 12.5 Å². The highest BCUT2D eigenvalue weighted by Crippen LogP contribution is 2.15. The number of carbonyl (C=O) groups excluding carboxylic acids is 1. The molecule has 1 unspecified atom stereocenters. The quantitative estimate of drug-likeness (QED) is 0.239. The zero-order valence-electron chi connectivity index (χ0n) is 22.5. The van der Waals surface area contributed by atoms with E-state index in [0.717, 1.165) is 16.7 Å². The minimum atomic E-state index is -0.978. The van der Waals surface area contributed by atoms with Crippen LogP contribution in [0, 0.1) is 0 Å². The van der Waals surface area contributed by atoms with Crippen LogP contribution in [0.15, 0.2) is 84.9 Å². The molecule has 0 fully saturated rings. The average Bonchev–Trinajstić information content (AvgIpc) is 2.96. The molecule has 208 valence electrons. The summed E-state index contributed by atoms with van der Waals surface area (Å²) >= 11 is 0. The van der Waals surface area contributed by atoms with Gasteiger partial charge in [-0.25, -0.2) is 9.59 Å². The Morgan fingerprint density at radius 3 is 2.15 bits per heavy atom. The number of nitrogens with one attached hydrogen (secondary N) is 1. The number of urea groups is 1. The predicted octanol–water partition coefficient (Wildman–Crippen LogP) is 4.92. The van der Waals surface area contributed by atoms with E-state index in [1.807, 2.05) is 72.8 Å². The van der Waals surface area contributed by atoms with Crippen molar-refractivity contribution in [2.45, 2.75) is 39.0 Å². The summed E-state index contributed by atoms with van der Waals surface area (Å²) in [5.74, 6) is -0.328. The summed E-state index contributed by atoms with van der Waals surface area (Å²) in [7, 11) is 0. The molecule has 3 aromatic carbocycles. The van der Waals surface area contributed by atoms with Crippen molar-refractivity contribution in [2.75, 3.05) is 32.9 Å². The predicted molar refractivity (Wildman–Crippen MR) is 150 cm³/mol. The van der Waals surface area contributed by atoms with Crippen LogP contribution in [0.4, 0.5) is 4.79 Å². The van der Waals surface area contributed by atoms with Crippen LogP contribution in [0.5, 0.6) is 5.75 Å². The molecule has 3 rings (SSSR count). The lowest BCUT2D eigenvalue weighted by Crippen LogP contribution is -2.42. The van der Waals surface area contributed by atoms with Gasteiger partial charge in [-0.1, -0.05) is 72.8 Å². The van der Waals surface area contributed by atoms with Gasteiger partial charge in [0, 0.05) is 32.7 Å². The van der Waals surface area contributed by atoms with E-state index >= 15 is 0 Å². The number of carboxylic acid groups (broad SMARTS) is 1. The lowest BCUT2D eigenvalue weighted by molar-refractivity contribution is -0.149. The first-order valence-corrected chi connectivity index (χ1v) is 13.3. The summed E-state index contributed by atoms with van der Waals surface area (Å²) < 4.78 is 17.0. The van der Waals surface area contributed by atoms with E-state index in [1.54, 1.807) is 24.0 Å². The van der Waals surface area contributed by atoms with Gasteiger partial charge in [-0.3, -0.25) is 0 Å². The Morgan fingerprint density at radius 2 is 1.51 bits per heavy atom. The molecule has 8 nitrogen and oxygen atoms in total. The molecule has 0 aliphatic carbocycles. The van der Waals surface area contributed by atoms with Crippen LogP contribution in [-0.2, 0) is 33.8 Å². The molecule has 0 spiro atoms. The highest BCUT2D eigenvalue weighted by Gasteiger charge is 2.18. The van der Waals surface area contributed by atoms with E-state index in [0.29, 0.717) is 58.2 Å². The number of benzene rings is 3. The number of amides is 2. The van der Waals surface area contributed by atoms with Gasteiger partial charge in [-0.2, -0.15) is 0 Å². The Hall–Kier alpha value is -3.88. The summed E-state index contributed by atoms with van der Waals surface area (Å²) in [5, 5.41) is 12.3. The maximum atomic E-state index is 13.0. The van der Waals surface area contributed by atoms with E-state index in [2.05, 4.69) is 5.32 Å². The third-order valence-electron chi connectivity index (χ3n) is 6.02. The first kappa shape index (κ1) is 29.7. The number of aliphatic carboxylic acids is 1. The number of nitrogens with zero attached hydrogens (tertiary/aromatic N) is 1. The van der Waals surface area contributed by atoms with Gasteiger partial charge in [0.1, 0.15) is 12.4 Å². The highest BCUT2D eigenvalue weighted by molar-refractivity contribution is 5.74. The van der Waals surface area contributed by atoms with Crippen molar-refractivity contribution in [3.63, 3.8) is 0 Å². The first-order chi connectivity index (χ1) is 19.0. The summed E-state index contributed by atoms with van der Waals surface area (Å²) in [5.41, 5.74) is 2.99. The van der Waals surface area contributed by atoms with Crippen molar-refractivity contribution < 1.29 is 28.9 Å². The zero-order valence-corrected chi connectivity index (χ0v) is 22.5. The second kappa shape index (κ2) is 16.9. The molecule has 1 atom stereocenters. The van der Waals surface area contributed by atoms with Crippen LogP contribution in [0.25, 0.3) is 0 Å². The number of hydrogen-bond acceptors (Lipinski definition) is 5. The van der Waals surface area contributed by atoms with Crippen LogP contribution >= 0.6 is 0 Å². The molecule has 0 aliphatic heterocycles. The molecule has 0 aromatic heterocycles. The van der Waals surface area contributed by atoms with Gasteiger partial charge in [0.05, 0.1) is 13.2 Å². The van der Waals surface area contributed by atoms with Gasteiger partial charge in [-0.15, -0.1) is 0 Å². The molecule has 8 heteroatoms. The molecule has 0 bridgehead atoms. The van der Waals surface area contributed by atoms with Crippen LogP contribution in [-0.4, -0.2) is 61.0 Å². The second-order valence-electron chi connectivity index (χ2n) is 9.00. The fourth-order valence-electron chi connectivity index (χ4n) is 3.95. The van der Waals surface area contributed by atoms with Crippen LogP contribution in [0.2, 0.25) is 0 Å². The lowest BCUT2D eigenvalue weighted by Gasteiger charge is -2.23. The molecule has 3 aromatic rings. The SMILES string of the molecule is CCOC(Cc1ccc(OCCN(CCCOCc2ccccc2)C(=O)NCc2ccccc2)cc1)C(=O)O. The number of ether oxygens (including phenoxy) is 3. The molecule has 0 saturated carbocycles. The third-order valence-corrected chi connectivity index (χ3v) is 6.02. The molecule has 39 heavy (non-hydrogen) atoms. The Morgan fingerprint density at radius 1 is 0.846 bits per heavy atom. The maximum Gasteiger partial charge on any atom is 0.333 e. The standard InChI is InChI=1S/C31H38N2O6/c1-2-38-29(30(34)35)22-25-14-16-28(17-15-25)39-21-19-33(31(36)32-23-26-10-5-3-6-11-26)18-9-20-37-24-27-12-7-4-8-13-27/h3-8,10-17,29H,2,9,18-24H2,1H3,(H,32,36)(H,34,35). The van der Waals surface area contributed by atoms with E-state index in [1.165, 1.54) is 0 Å². The molecular formula is C31H38N2O6. The molecule has 0 aliphatic rings. The Bertz CT molecular complexity index is 1110. The fourth-order valence-corrected chi connectivity index (χ4v) is 3.95. The van der Waals surface area contributed by atoms with Crippen molar-refractivity contribution in [2.24, 2.45) is 0 Å². The van der Waals surface area contributed by atoms with Crippen molar-refractivity contribution in [1.82, 2.24) is 10.2 Å². The van der Waals surface area contributed by atoms with Crippen molar-refractivity contribution in [3.8, 4) is 5.75 Å². The largest absolute Gasteiger partial charge is 0.492 e. The maximum absolute atomic E-state index is 13.0. The smallest absolute Gasteiger partial charge is 0.333 e. The lowest BCUT2D eigenvalue weighted by atomic mass is 10.1. The average molecular weight is 535 g/mol. The minimum Gasteiger partial charge on any atom is -0.492 e. The number of carboxylic acids is 1. The van der Waals surface area contributed by atoms with Crippen molar-refractivity contribution in [3.05, 3.63) is 102 Å². The highest BCUT2D eigenvalue weighted by atomic mass is 16.5. The Kier molecular flexibility index (Phi) is 12.8. The van der Waals surface area contributed by atoms with E-state index in [9.17, 15) is 14.7 Å². The summed E-state index contributed by atoms with van der Waals surface area (Å²) in [6.45, 7) is 4.90. The van der Waals surface area contributed by atoms with Gasteiger partial charge in [-0.05, 0) is 42.2 Å². The van der Waals surface area contributed by atoms with E-state index in [4.69, 9.17) is 14.2 Å². The second-order valence-corrected chi connectivity index (χ2v) is 9.00. The van der Waals surface area contributed by atoms with Crippen LogP contribution < -0.4 is 10.1 Å². The zero-order chi connectivity index (χ0) is 27.7. The molecule has 2 N–H and O–H groups in total. The topological polar surface area (TPSA) is 97.3 Å². The molecule has 2 amide bonds. The number of rotatable bonds is 17. The van der Waals surface area contributed by atoms with Crippen LogP contribution in [0.1, 0.15) is 30.0 Å². The van der Waals surface area contributed by atoms with Gasteiger partial charge in [0.2, 0.25) is 0 Å². The van der Waals surface area contributed by atoms with Gasteiger partial charge in [0.15, 0.2) is 6.10 Å². The number of carbonyl (C=O) groups is 2. The third kappa shape index (κ3) is 11.2. The van der Waals surface area contributed by atoms with Gasteiger partial charge < -0.3 is 29.5 Å². The Labute approximate surface area is 230 Å². The van der Waals surface area contributed by atoms with Crippen LogP contribution in [0.3, 0.4) is 0 Å². The molecule has 0 heterocycles. The summed E-state index contributed by atoms with van der Waals surface area (Å²) in [6, 6.07) is 26.9. The molecule has 0 saturated heterocycles.